The first kappa shape index (κ1) is 9.19. The van der Waals surface area contributed by atoms with Crippen LogP contribution in [0.25, 0.3) is 0 Å². The minimum absolute atomic E-state index is 0.182. The number of halogens is 1. The van der Waals surface area contributed by atoms with Gasteiger partial charge in [-0.05, 0) is 12.1 Å². The van der Waals surface area contributed by atoms with Crippen molar-refractivity contribution in [3.8, 4) is 11.5 Å². The molecule has 1 aromatic rings. The Hall–Kier alpha value is -0.900. The van der Waals surface area contributed by atoms with Crippen molar-refractivity contribution < 1.29 is 13.4 Å². The van der Waals surface area contributed by atoms with Gasteiger partial charge >= 0.3 is 0 Å². The smallest absolute Gasteiger partial charge is 0.161 e. The fourth-order valence-corrected chi connectivity index (χ4v) is 1.14. The molecule has 0 spiro atoms. The molecule has 0 radical (unpaired) electrons. The molecular formula is C8H9FO2S. The van der Waals surface area contributed by atoms with Gasteiger partial charge in [0.15, 0.2) is 11.5 Å². The molecule has 0 atom stereocenters. The van der Waals surface area contributed by atoms with Crippen LogP contribution in [-0.2, 0) is 0 Å². The van der Waals surface area contributed by atoms with Gasteiger partial charge in [0.2, 0.25) is 0 Å². The molecule has 0 aliphatic rings. The largest absolute Gasteiger partial charge is 0.493 e. The Kier molecular flexibility index (Phi) is 3.22. The molecule has 0 saturated heterocycles. The number of benzene rings is 1. The maximum atomic E-state index is 12.1. The summed E-state index contributed by atoms with van der Waals surface area (Å²) in [6.07, 6.45) is 0. The third-order valence-corrected chi connectivity index (χ3v) is 1.88. The molecule has 0 aromatic heterocycles. The van der Waals surface area contributed by atoms with Crippen molar-refractivity contribution in [2.75, 3.05) is 14.2 Å². The third-order valence-electron chi connectivity index (χ3n) is 1.44. The summed E-state index contributed by atoms with van der Waals surface area (Å²) in [6.45, 7) is 0. The van der Waals surface area contributed by atoms with Gasteiger partial charge in [0.25, 0.3) is 0 Å². The molecule has 0 aliphatic heterocycles. The standard InChI is InChI=1S/C8H9FO2S/c1-10-7-4-3-6(12-9)5-8(7)11-2/h3-5H,1-2H3. The van der Waals surface area contributed by atoms with E-state index in [1.165, 1.54) is 7.11 Å². The zero-order valence-electron chi connectivity index (χ0n) is 6.83. The summed E-state index contributed by atoms with van der Waals surface area (Å²) >= 11 is 0.182. The van der Waals surface area contributed by atoms with E-state index in [-0.39, 0.29) is 12.1 Å². The zero-order chi connectivity index (χ0) is 8.97. The van der Waals surface area contributed by atoms with Crippen LogP contribution in [0.2, 0.25) is 0 Å². The van der Waals surface area contributed by atoms with E-state index in [0.29, 0.717) is 16.4 Å². The molecule has 66 valence electrons. The first-order valence-electron chi connectivity index (χ1n) is 3.32. The van der Waals surface area contributed by atoms with Gasteiger partial charge in [-0.25, -0.2) is 0 Å². The number of methoxy groups -OCH3 is 2. The van der Waals surface area contributed by atoms with Crippen molar-refractivity contribution in [1.29, 1.82) is 0 Å². The Morgan fingerprint density at radius 1 is 1.17 bits per heavy atom. The first-order chi connectivity index (χ1) is 5.81. The van der Waals surface area contributed by atoms with Crippen molar-refractivity contribution in [3.05, 3.63) is 18.2 Å². The van der Waals surface area contributed by atoms with E-state index >= 15 is 0 Å². The Morgan fingerprint density at radius 2 is 1.83 bits per heavy atom. The van der Waals surface area contributed by atoms with E-state index in [9.17, 15) is 3.89 Å². The monoisotopic (exact) mass is 188 g/mol. The topological polar surface area (TPSA) is 18.5 Å². The van der Waals surface area contributed by atoms with Crippen molar-refractivity contribution in [1.82, 2.24) is 0 Å². The van der Waals surface area contributed by atoms with Gasteiger partial charge in [-0.2, -0.15) is 3.89 Å². The molecule has 0 aliphatic carbocycles. The van der Waals surface area contributed by atoms with Crippen LogP contribution >= 0.6 is 12.1 Å². The lowest BCUT2D eigenvalue weighted by atomic mass is 10.3. The summed E-state index contributed by atoms with van der Waals surface area (Å²) in [5.74, 6) is 1.15. The molecule has 0 saturated carbocycles. The molecular weight excluding hydrogens is 179 g/mol. The lowest BCUT2D eigenvalue weighted by Crippen LogP contribution is -1.89. The average molecular weight is 188 g/mol. The summed E-state index contributed by atoms with van der Waals surface area (Å²) in [6, 6.07) is 4.89. The van der Waals surface area contributed by atoms with Gasteiger partial charge in [0.05, 0.1) is 26.4 Å². The molecule has 0 bridgehead atoms. The summed E-state index contributed by atoms with van der Waals surface area (Å²) in [5, 5.41) is 0. The van der Waals surface area contributed by atoms with Crippen LogP contribution < -0.4 is 9.47 Å². The van der Waals surface area contributed by atoms with Crippen molar-refractivity contribution in [2.45, 2.75) is 4.90 Å². The minimum Gasteiger partial charge on any atom is -0.493 e. The molecule has 1 rings (SSSR count). The normalized spacial score (nSPS) is 9.58. The van der Waals surface area contributed by atoms with Crippen LogP contribution in [0.15, 0.2) is 23.1 Å². The highest BCUT2D eigenvalue weighted by Gasteiger charge is 2.03. The highest BCUT2D eigenvalue weighted by molar-refractivity contribution is 7.94. The highest BCUT2D eigenvalue weighted by atomic mass is 32.2. The fourth-order valence-electron chi connectivity index (χ4n) is 0.865. The fraction of sp³-hybridized carbons (Fsp3) is 0.250. The Morgan fingerprint density at radius 3 is 2.33 bits per heavy atom. The highest BCUT2D eigenvalue weighted by Crippen LogP contribution is 2.31. The maximum Gasteiger partial charge on any atom is 0.161 e. The zero-order valence-corrected chi connectivity index (χ0v) is 7.65. The van der Waals surface area contributed by atoms with Crippen molar-refractivity contribution in [3.63, 3.8) is 0 Å². The molecule has 0 amide bonds. The van der Waals surface area contributed by atoms with Gasteiger partial charge in [-0.1, -0.05) is 0 Å². The first-order valence-corrected chi connectivity index (χ1v) is 4.04. The summed E-state index contributed by atoms with van der Waals surface area (Å²) < 4.78 is 22.1. The van der Waals surface area contributed by atoms with Crippen LogP contribution in [0, 0.1) is 0 Å². The summed E-state index contributed by atoms with van der Waals surface area (Å²) in [4.78, 5) is 0.507. The molecule has 0 unspecified atom stereocenters. The second-order valence-electron chi connectivity index (χ2n) is 2.09. The van der Waals surface area contributed by atoms with Crippen LogP contribution in [0.1, 0.15) is 0 Å². The summed E-state index contributed by atoms with van der Waals surface area (Å²) in [5.41, 5.74) is 0. The quantitative estimate of drug-likeness (QED) is 0.726. The Labute approximate surface area is 75.0 Å². The number of rotatable bonds is 3. The van der Waals surface area contributed by atoms with Crippen LogP contribution in [-0.4, -0.2) is 14.2 Å². The molecule has 4 heteroatoms. The molecule has 1 aromatic carbocycles. The molecule has 0 N–H and O–H groups in total. The minimum atomic E-state index is 0.182. The van der Waals surface area contributed by atoms with E-state index < -0.39 is 0 Å². The van der Waals surface area contributed by atoms with Crippen LogP contribution in [0.3, 0.4) is 0 Å². The average Bonchev–Trinajstić information content (AvgIpc) is 2.16. The van der Waals surface area contributed by atoms with E-state index in [1.54, 1.807) is 25.3 Å². The second kappa shape index (κ2) is 4.21. The Bertz CT molecular complexity index is 265. The lowest BCUT2D eigenvalue weighted by Gasteiger charge is -2.06. The van der Waals surface area contributed by atoms with Gasteiger partial charge in [0.1, 0.15) is 0 Å². The molecule has 2 nitrogen and oxygen atoms in total. The lowest BCUT2D eigenvalue weighted by molar-refractivity contribution is 0.354. The Balaban J connectivity index is 3.02. The molecule has 0 heterocycles. The van der Waals surface area contributed by atoms with Crippen molar-refractivity contribution >= 4 is 12.1 Å². The van der Waals surface area contributed by atoms with Gasteiger partial charge in [-0.15, -0.1) is 0 Å². The van der Waals surface area contributed by atoms with Crippen molar-refractivity contribution in [2.24, 2.45) is 0 Å². The SMILES string of the molecule is COc1ccc(SF)cc1OC. The van der Waals surface area contributed by atoms with E-state index in [4.69, 9.17) is 9.47 Å². The van der Waals surface area contributed by atoms with Crippen LogP contribution in [0.4, 0.5) is 3.89 Å². The molecule has 12 heavy (non-hydrogen) atoms. The van der Waals surface area contributed by atoms with E-state index in [0.717, 1.165) is 0 Å². The third kappa shape index (κ3) is 1.82. The number of hydrogen-bond acceptors (Lipinski definition) is 3. The van der Waals surface area contributed by atoms with Gasteiger partial charge in [-0.3, -0.25) is 0 Å². The molecule has 0 fully saturated rings. The maximum absolute atomic E-state index is 12.1. The predicted octanol–water partition coefficient (Wildman–Crippen LogP) is 2.68. The second-order valence-corrected chi connectivity index (χ2v) is 2.72. The van der Waals surface area contributed by atoms with Gasteiger partial charge < -0.3 is 9.47 Å². The van der Waals surface area contributed by atoms with E-state index in [1.807, 2.05) is 0 Å². The van der Waals surface area contributed by atoms with Crippen LogP contribution in [0.5, 0.6) is 11.5 Å². The predicted molar refractivity (Wildman–Crippen MR) is 46.5 cm³/mol. The van der Waals surface area contributed by atoms with E-state index in [2.05, 4.69) is 0 Å². The summed E-state index contributed by atoms with van der Waals surface area (Å²) in [7, 11) is 3.06. The number of hydrogen-bond donors (Lipinski definition) is 0. The van der Waals surface area contributed by atoms with Gasteiger partial charge in [0, 0.05) is 11.0 Å². The number of ether oxygens (including phenoxy) is 2.